The van der Waals surface area contributed by atoms with E-state index in [-0.39, 0.29) is 5.91 Å². The molecule has 0 spiro atoms. The normalized spacial score (nSPS) is 26.5. The van der Waals surface area contributed by atoms with Gasteiger partial charge in [-0.3, -0.25) is 9.59 Å². The first kappa shape index (κ1) is 16.0. The quantitative estimate of drug-likeness (QED) is 0.577. The number of carbonyl (C=O) groups is 2. The topological polar surface area (TPSA) is 69.6 Å². The maximum atomic E-state index is 12.1. The monoisotopic (exact) mass is 294 g/mol. The Morgan fingerprint density at radius 2 is 1.76 bits per heavy atom. The third-order valence-electron chi connectivity index (χ3n) is 4.49. The zero-order valence-electron chi connectivity index (χ0n) is 12.6. The summed E-state index contributed by atoms with van der Waals surface area (Å²) in [5.41, 5.74) is 0. The van der Waals surface area contributed by atoms with Gasteiger partial charge in [-0.2, -0.15) is 0 Å². The molecule has 0 aromatic heterocycles. The summed E-state index contributed by atoms with van der Waals surface area (Å²) in [6.45, 7) is 4.00. The Balaban J connectivity index is 1.68. The van der Waals surface area contributed by atoms with Gasteiger partial charge in [0.05, 0.1) is 11.8 Å². The van der Waals surface area contributed by atoms with E-state index in [2.05, 4.69) is 10.2 Å². The lowest BCUT2D eigenvalue weighted by atomic mass is 9.82. The molecule has 5 heteroatoms. The van der Waals surface area contributed by atoms with Crippen LogP contribution in [0.5, 0.6) is 0 Å². The molecular weight excluding hydrogens is 268 g/mol. The summed E-state index contributed by atoms with van der Waals surface area (Å²) in [7, 11) is 0. The number of likely N-dealkylation sites (tertiary alicyclic amines) is 1. The zero-order valence-corrected chi connectivity index (χ0v) is 12.6. The molecule has 0 radical (unpaired) electrons. The SMILES string of the molecule is O=C(O)[C@H]1CC=CC[C@H]1C(=O)NCCCN1CCCCC1. The number of carbonyl (C=O) groups excluding carboxylic acids is 1. The fraction of sp³-hybridized carbons (Fsp3) is 0.750. The number of allylic oxidation sites excluding steroid dienone is 2. The largest absolute Gasteiger partial charge is 0.481 e. The van der Waals surface area contributed by atoms with E-state index in [1.807, 2.05) is 12.2 Å². The van der Waals surface area contributed by atoms with Crippen LogP contribution in [-0.2, 0) is 9.59 Å². The molecule has 1 heterocycles. The molecule has 1 saturated heterocycles. The molecule has 2 aliphatic rings. The number of rotatable bonds is 6. The lowest BCUT2D eigenvalue weighted by Crippen LogP contribution is -2.40. The average molecular weight is 294 g/mol. The number of aliphatic carboxylic acids is 1. The maximum absolute atomic E-state index is 12.1. The molecule has 0 aromatic carbocycles. The number of piperidine rings is 1. The number of carboxylic acids is 1. The molecule has 5 nitrogen and oxygen atoms in total. The van der Waals surface area contributed by atoms with Crippen LogP contribution >= 0.6 is 0 Å². The molecule has 1 aliphatic carbocycles. The first-order valence-electron chi connectivity index (χ1n) is 8.06. The van der Waals surface area contributed by atoms with Gasteiger partial charge in [0.2, 0.25) is 5.91 Å². The van der Waals surface area contributed by atoms with Gasteiger partial charge < -0.3 is 15.3 Å². The van der Waals surface area contributed by atoms with E-state index >= 15 is 0 Å². The molecular formula is C16H26N2O3. The molecule has 0 aromatic rings. The van der Waals surface area contributed by atoms with E-state index < -0.39 is 17.8 Å². The number of hydrogen-bond acceptors (Lipinski definition) is 3. The molecule has 0 unspecified atom stereocenters. The fourth-order valence-electron chi connectivity index (χ4n) is 3.21. The van der Waals surface area contributed by atoms with Gasteiger partial charge in [-0.25, -0.2) is 0 Å². The van der Waals surface area contributed by atoms with Crippen LogP contribution < -0.4 is 5.32 Å². The highest BCUT2D eigenvalue weighted by molar-refractivity contribution is 5.85. The van der Waals surface area contributed by atoms with E-state index in [1.54, 1.807) is 0 Å². The van der Waals surface area contributed by atoms with Crippen molar-refractivity contribution in [1.82, 2.24) is 10.2 Å². The van der Waals surface area contributed by atoms with Crippen molar-refractivity contribution in [3.05, 3.63) is 12.2 Å². The molecule has 118 valence electrons. The first-order valence-corrected chi connectivity index (χ1v) is 8.06. The lowest BCUT2D eigenvalue weighted by Gasteiger charge is -2.27. The molecule has 2 N–H and O–H groups in total. The van der Waals surface area contributed by atoms with Crippen molar-refractivity contribution in [3.63, 3.8) is 0 Å². The average Bonchev–Trinajstić information content (AvgIpc) is 2.52. The van der Waals surface area contributed by atoms with Crippen molar-refractivity contribution in [2.45, 2.75) is 38.5 Å². The lowest BCUT2D eigenvalue weighted by molar-refractivity contribution is -0.147. The highest BCUT2D eigenvalue weighted by Gasteiger charge is 2.33. The van der Waals surface area contributed by atoms with Crippen LogP contribution in [0.4, 0.5) is 0 Å². The van der Waals surface area contributed by atoms with Crippen LogP contribution in [-0.4, -0.2) is 48.1 Å². The Hall–Kier alpha value is -1.36. The van der Waals surface area contributed by atoms with Crippen molar-refractivity contribution in [3.8, 4) is 0 Å². The van der Waals surface area contributed by atoms with E-state index in [9.17, 15) is 14.7 Å². The Morgan fingerprint density at radius 3 is 2.43 bits per heavy atom. The Morgan fingerprint density at radius 1 is 1.10 bits per heavy atom. The fourth-order valence-corrected chi connectivity index (χ4v) is 3.21. The van der Waals surface area contributed by atoms with Crippen molar-refractivity contribution < 1.29 is 14.7 Å². The van der Waals surface area contributed by atoms with Gasteiger partial charge >= 0.3 is 5.97 Å². The molecule has 1 amide bonds. The van der Waals surface area contributed by atoms with Crippen LogP contribution in [0.2, 0.25) is 0 Å². The first-order chi connectivity index (χ1) is 10.2. The Labute approximate surface area is 126 Å². The summed E-state index contributed by atoms with van der Waals surface area (Å²) < 4.78 is 0. The van der Waals surface area contributed by atoms with Crippen LogP contribution in [0.3, 0.4) is 0 Å². The second-order valence-corrected chi connectivity index (χ2v) is 6.04. The summed E-state index contributed by atoms with van der Waals surface area (Å²) >= 11 is 0. The van der Waals surface area contributed by atoms with Gasteiger partial charge in [-0.15, -0.1) is 0 Å². The Bertz CT molecular complexity index is 389. The van der Waals surface area contributed by atoms with Crippen LogP contribution in [0.15, 0.2) is 12.2 Å². The van der Waals surface area contributed by atoms with Crippen LogP contribution in [0.1, 0.15) is 38.5 Å². The van der Waals surface area contributed by atoms with Crippen molar-refractivity contribution >= 4 is 11.9 Å². The van der Waals surface area contributed by atoms with Crippen molar-refractivity contribution in [2.75, 3.05) is 26.2 Å². The number of carboxylic acid groups (broad SMARTS) is 1. The van der Waals surface area contributed by atoms with E-state index in [1.165, 1.54) is 32.4 Å². The molecule has 21 heavy (non-hydrogen) atoms. The summed E-state index contributed by atoms with van der Waals surface area (Å²) in [4.78, 5) is 25.8. The standard InChI is InChI=1S/C16H26N2O3/c19-15(13-7-2-3-8-14(13)16(20)21)17-9-6-12-18-10-4-1-5-11-18/h2-3,13-14H,1,4-12H2,(H,17,19)(H,20,21)/t13-,14+/m1/s1. The van der Waals surface area contributed by atoms with Crippen molar-refractivity contribution in [1.29, 1.82) is 0 Å². The van der Waals surface area contributed by atoms with Crippen LogP contribution in [0.25, 0.3) is 0 Å². The van der Waals surface area contributed by atoms with Gasteiger partial charge in [0.1, 0.15) is 0 Å². The van der Waals surface area contributed by atoms with Gasteiger partial charge in [-0.1, -0.05) is 18.6 Å². The number of hydrogen-bond donors (Lipinski definition) is 2. The number of nitrogens with one attached hydrogen (secondary N) is 1. The molecule has 1 aliphatic heterocycles. The minimum absolute atomic E-state index is 0.106. The smallest absolute Gasteiger partial charge is 0.307 e. The predicted octanol–water partition coefficient (Wildman–Crippen LogP) is 1.65. The second-order valence-electron chi connectivity index (χ2n) is 6.04. The molecule has 1 fully saturated rings. The zero-order chi connectivity index (χ0) is 15.1. The Kier molecular flexibility index (Phi) is 6.23. The number of nitrogens with zero attached hydrogens (tertiary/aromatic N) is 1. The van der Waals surface area contributed by atoms with E-state index in [0.717, 1.165) is 13.0 Å². The molecule has 0 bridgehead atoms. The highest BCUT2D eigenvalue weighted by atomic mass is 16.4. The summed E-state index contributed by atoms with van der Waals surface area (Å²) in [6.07, 6.45) is 9.60. The second kappa shape index (κ2) is 8.17. The predicted molar refractivity (Wildman–Crippen MR) is 80.9 cm³/mol. The summed E-state index contributed by atoms with van der Waals surface area (Å²) in [6, 6.07) is 0. The number of amides is 1. The maximum Gasteiger partial charge on any atom is 0.307 e. The van der Waals surface area contributed by atoms with E-state index in [4.69, 9.17) is 0 Å². The molecule has 2 rings (SSSR count). The summed E-state index contributed by atoms with van der Waals surface area (Å²) in [5, 5.41) is 12.1. The molecule has 2 atom stereocenters. The minimum atomic E-state index is -0.868. The van der Waals surface area contributed by atoms with Crippen molar-refractivity contribution in [2.24, 2.45) is 11.8 Å². The van der Waals surface area contributed by atoms with Gasteiger partial charge in [0.15, 0.2) is 0 Å². The third kappa shape index (κ3) is 4.84. The third-order valence-corrected chi connectivity index (χ3v) is 4.49. The van der Waals surface area contributed by atoms with E-state index in [0.29, 0.717) is 19.4 Å². The van der Waals surface area contributed by atoms with Gasteiger partial charge in [-0.05, 0) is 51.7 Å². The summed E-state index contributed by atoms with van der Waals surface area (Å²) in [5.74, 6) is -1.96. The van der Waals surface area contributed by atoms with Gasteiger partial charge in [0.25, 0.3) is 0 Å². The van der Waals surface area contributed by atoms with Crippen LogP contribution in [0, 0.1) is 11.8 Å². The van der Waals surface area contributed by atoms with Gasteiger partial charge in [0, 0.05) is 6.54 Å². The molecule has 0 saturated carbocycles. The highest BCUT2D eigenvalue weighted by Crippen LogP contribution is 2.25. The minimum Gasteiger partial charge on any atom is -0.481 e.